The van der Waals surface area contributed by atoms with Gasteiger partial charge in [0.2, 0.25) is 0 Å². The number of rotatable bonds is 19. The van der Waals surface area contributed by atoms with Crippen molar-refractivity contribution in [3.05, 3.63) is 0 Å². The molecular formula is C16H40N2O4Si2. The Balaban J connectivity index is 3.38. The molecule has 0 atom stereocenters. The summed E-state index contributed by atoms with van der Waals surface area (Å²) in [5.74, 6) is 0. The Morgan fingerprint density at radius 2 is 0.875 bits per heavy atom. The molecular weight excluding hydrogens is 340 g/mol. The third-order valence-electron chi connectivity index (χ3n) is 3.48. The van der Waals surface area contributed by atoms with Crippen molar-refractivity contribution < 1.29 is 17.7 Å². The first-order valence-corrected chi connectivity index (χ1v) is 13.2. The first-order chi connectivity index (χ1) is 11.8. The normalized spacial score (nSPS) is 11.8. The van der Waals surface area contributed by atoms with Crippen molar-refractivity contribution >= 4 is 18.6 Å². The van der Waals surface area contributed by atoms with Crippen LogP contribution in [0.3, 0.4) is 0 Å². The molecule has 0 saturated carbocycles. The largest absolute Gasteiger partial charge is 0.397 e. The molecule has 0 saturated heterocycles. The zero-order valence-electron chi connectivity index (χ0n) is 16.3. The van der Waals surface area contributed by atoms with Gasteiger partial charge in [0, 0.05) is 39.5 Å². The summed E-state index contributed by atoms with van der Waals surface area (Å²) in [7, 11) is -2.81. The molecule has 0 heterocycles. The second-order valence-corrected chi connectivity index (χ2v) is 9.67. The Bertz CT molecular complexity index is 218. The molecule has 24 heavy (non-hydrogen) atoms. The molecule has 0 bridgehead atoms. The van der Waals surface area contributed by atoms with Crippen LogP contribution in [0.5, 0.6) is 0 Å². The van der Waals surface area contributed by atoms with Crippen LogP contribution in [0.25, 0.3) is 0 Å². The summed E-state index contributed by atoms with van der Waals surface area (Å²) >= 11 is 0. The second-order valence-electron chi connectivity index (χ2n) is 5.46. The minimum Gasteiger partial charge on any atom is -0.397 e. The molecule has 0 aromatic heterocycles. The number of hydrogen-bond acceptors (Lipinski definition) is 6. The summed E-state index contributed by atoms with van der Waals surface area (Å²) in [5.41, 5.74) is 0. The van der Waals surface area contributed by atoms with Crippen molar-refractivity contribution in [2.24, 2.45) is 0 Å². The fraction of sp³-hybridized carbons (Fsp3) is 1.00. The fourth-order valence-corrected chi connectivity index (χ4v) is 5.81. The minimum atomic E-state index is -1.41. The highest BCUT2D eigenvalue weighted by atomic mass is 28.3. The van der Waals surface area contributed by atoms with E-state index in [9.17, 15) is 0 Å². The van der Waals surface area contributed by atoms with E-state index in [1.54, 1.807) is 0 Å². The van der Waals surface area contributed by atoms with E-state index in [0.29, 0.717) is 0 Å². The molecule has 0 spiro atoms. The van der Waals surface area contributed by atoms with Gasteiger partial charge in [-0.3, -0.25) is 0 Å². The average Bonchev–Trinajstić information content (AvgIpc) is 2.57. The van der Waals surface area contributed by atoms with Crippen LogP contribution in [-0.4, -0.2) is 71.2 Å². The lowest BCUT2D eigenvalue weighted by molar-refractivity contribution is 0.212. The molecule has 0 rings (SSSR count). The van der Waals surface area contributed by atoms with Gasteiger partial charge in [0.05, 0.1) is 0 Å². The highest BCUT2D eigenvalue weighted by Crippen LogP contribution is 2.01. The highest BCUT2D eigenvalue weighted by molar-refractivity contribution is 6.44. The molecule has 0 unspecified atom stereocenters. The van der Waals surface area contributed by atoms with Gasteiger partial charge in [-0.15, -0.1) is 0 Å². The lowest BCUT2D eigenvalue weighted by Crippen LogP contribution is -2.30. The van der Waals surface area contributed by atoms with E-state index >= 15 is 0 Å². The Hall–Kier alpha value is 0.194. The van der Waals surface area contributed by atoms with Gasteiger partial charge in [-0.05, 0) is 65.7 Å². The van der Waals surface area contributed by atoms with E-state index in [4.69, 9.17) is 17.7 Å². The Kier molecular flexibility index (Phi) is 19.7. The lowest BCUT2D eigenvalue weighted by Gasteiger charge is -2.15. The van der Waals surface area contributed by atoms with Crippen molar-refractivity contribution in [2.45, 2.75) is 52.6 Å². The van der Waals surface area contributed by atoms with Crippen LogP contribution in [0.15, 0.2) is 0 Å². The molecule has 0 aliphatic rings. The summed E-state index contributed by atoms with van der Waals surface area (Å²) < 4.78 is 22.7. The van der Waals surface area contributed by atoms with E-state index in [2.05, 4.69) is 10.6 Å². The SMILES string of the molecule is CCO[SiH](CCCNCCNCCC[SiH](OCC)OCC)OCC. The molecule has 0 aromatic carbocycles. The van der Waals surface area contributed by atoms with E-state index in [0.717, 1.165) is 77.5 Å². The van der Waals surface area contributed by atoms with Crippen LogP contribution in [-0.2, 0) is 17.7 Å². The van der Waals surface area contributed by atoms with Gasteiger partial charge in [0.25, 0.3) is 0 Å². The maximum Gasteiger partial charge on any atom is 0.321 e. The van der Waals surface area contributed by atoms with Gasteiger partial charge >= 0.3 is 18.6 Å². The number of hydrogen-bond donors (Lipinski definition) is 2. The summed E-state index contributed by atoms with van der Waals surface area (Å²) in [6, 6.07) is 2.17. The molecule has 0 fully saturated rings. The average molecular weight is 381 g/mol. The van der Waals surface area contributed by atoms with Crippen LogP contribution in [0, 0.1) is 0 Å². The number of nitrogens with one attached hydrogen (secondary N) is 2. The quantitative estimate of drug-likeness (QED) is 0.262. The van der Waals surface area contributed by atoms with E-state index < -0.39 is 18.6 Å². The maximum atomic E-state index is 5.67. The molecule has 0 aromatic rings. The van der Waals surface area contributed by atoms with Crippen molar-refractivity contribution in [1.82, 2.24) is 10.6 Å². The smallest absolute Gasteiger partial charge is 0.321 e. The van der Waals surface area contributed by atoms with E-state index in [1.165, 1.54) is 0 Å². The van der Waals surface area contributed by atoms with E-state index in [1.807, 2.05) is 27.7 Å². The van der Waals surface area contributed by atoms with Crippen LogP contribution in [0.1, 0.15) is 40.5 Å². The fourth-order valence-electron chi connectivity index (χ4n) is 2.39. The molecule has 0 aliphatic heterocycles. The molecule has 8 heteroatoms. The Morgan fingerprint density at radius 3 is 1.17 bits per heavy atom. The summed E-state index contributed by atoms with van der Waals surface area (Å²) in [5, 5.41) is 6.95. The topological polar surface area (TPSA) is 61.0 Å². The highest BCUT2D eigenvalue weighted by Gasteiger charge is 2.11. The van der Waals surface area contributed by atoms with Gasteiger partial charge in [-0.2, -0.15) is 0 Å². The summed E-state index contributed by atoms with van der Waals surface area (Å²) in [4.78, 5) is 0. The van der Waals surface area contributed by atoms with Gasteiger partial charge in [0.1, 0.15) is 0 Å². The van der Waals surface area contributed by atoms with Gasteiger partial charge < -0.3 is 28.3 Å². The maximum absolute atomic E-state index is 5.67. The van der Waals surface area contributed by atoms with Crippen LogP contribution in [0.2, 0.25) is 12.1 Å². The van der Waals surface area contributed by atoms with Gasteiger partial charge in [-0.25, -0.2) is 0 Å². The van der Waals surface area contributed by atoms with Crippen molar-refractivity contribution in [1.29, 1.82) is 0 Å². The van der Waals surface area contributed by atoms with Gasteiger partial charge in [0.15, 0.2) is 0 Å². The molecule has 0 amide bonds. The molecule has 146 valence electrons. The van der Waals surface area contributed by atoms with Crippen LogP contribution >= 0.6 is 0 Å². The first-order valence-electron chi connectivity index (χ1n) is 9.66. The molecule has 0 aliphatic carbocycles. The van der Waals surface area contributed by atoms with Crippen LogP contribution < -0.4 is 10.6 Å². The predicted octanol–water partition coefficient (Wildman–Crippen LogP) is 1.53. The van der Waals surface area contributed by atoms with Gasteiger partial charge in [-0.1, -0.05) is 0 Å². The van der Waals surface area contributed by atoms with Crippen molar-refractivity contribution in [2.75, 3.05) is 52.6 Å². The Labute approximate surface area is 152 Å². The standard InChI is InChI=1S/C16H40N2O4Si2/c1-5-19-23(20-6-2)15-9-11-17-13-14-18-12-10-16-24(21-7-3)22-8-4/h17-18,23-24H,5-16H2,1-4H3. The van der Waals surface area contributed by atoms with Crippen molar-refractivity contribution in [3.8, 4) is 0 Å². The first kappa shape index (κ1) is 24.2. The molecule has 6 nitrogen and oxygen atoms in total. The zero-order chi connectivity index (χ0) is 17.9. The molecule has 0 radical (unpaired) electrons. The third-order valence-corrected chi connectivity index (χ3v) is 8.06. The Morgan fingerprint density at radius 1 is 0.542 bits per heavy atom. The third kappa shape index (κ3) is 15.7. The minimum absolute atomic E-state index is 0.768. The predicted molar refractivity (Wildman–Crippen MR) is 105 cm³/mol. The second kappa shape index (κ2) is 19.5. The van der Waals surface area contributed by atoms with Crippen LogP contribution in [0.4, 0.5) is 0 Å². The lowest BCUT2D eigenvalue weighted by atomic mass is 10.4. The summed E-state index contributed by atoms with van der Waals surface area (Å²) in [6.45, 7) is 15.3. The van der Waals surface area contributed by atoms with Crippen molar-refractivity contribution in [3.63, 3.8) is 0 Å². The zero-order valence-corrected chi connectivity index (χ0v) is 18.6. The van der Waals surface area contributed by atoms with E-state index in [-0.39, 0.29) is 0 Å². The monoisotopic (exact) mass is 380 g/mol. The molecule has 2 N–H and O–H groups in total. The summed E-state index contributed by atoms with van der Waals surface area (Å²) in [6.07, 6.45) is 2.26.